The monoisotopic (exact) mass is 380 g/mol. The number of nitrogens with zero attached hydrogens (tertiary/aromatic N) is 1. The molecule has 1 aliphatic rings. The largest absolute Gasteiger partial charge is 0.449 e. The van der Waals surface area contributed by atoms with Crippen LogP contribution >= 0.6 is 0 Å². The Hall–Kier alpha value is -2.66. The number of benzene rings is 2. The lowest BCUT2D eigenvalue weighted by atomic mass is 9.89. The maximum atomic E-state index is 13.2. The maximum Gasteiger partial charge on any atom is 0.416 e. The molecule has 2 aromatic rings. The van der Waals surface area contributed by atoms with Gasteiger partial charge in [-0.15, -0.1) is 0 Å². The normalized spacial score (nSPS) is 22.8. The number of amides is 2. The predicted octanol–water partition coefficient (Wildman–Crippen LogP) is 4.47. The lowest BCUT2D eigenvalue weighted by Gasteiger charge is -2.36. The second kappa shape index (κ2) is 9.02. The van der Waals surface area contributed by atoms with E-state index in [9.17, 15) is 9.59 Å². The Morgan fingerprint density at radius 3 is 2.18 bits per heavy atom. The Bertz CT molecular complexity index is 792. The van der Waals surface area contributed by atoms with E-state index in [1.165, 1.54) is 4.90 Å². The molecule has 2 aromatic carbocycles. The minimum absolute atomic E-state index is 0.0561. The van der Waals surface area contributed by atoms with Crippen LogP contribution in [0, 0.1) is 5.92 Å². The van der Waals surface area contributed by atoms with Crippen molar-refractivity contribution in [3.05, 3.63) is 71.8 Å². The van der Waals surface area contributed by atoms with Gasteiger partial charge in [0.15, 0.2) is 0 Å². The van der Waals surface area contributed by atoms with Crippen molar-refractivity contribution in [2.24, 2.45) is 5.92 Å². The Kier molecular flexibility index (Phi) is 6.47. The van der Waals surface area contributed by atoms with Crippen LogP contribution in [0.25, 0.3) is 0 Å². The molecule has 0 saturated carbocycles. The molecule has 0 aromatic heterocycles. The van der Waals surface area contributed by atoms with E-state index in [1.54, 1.807) is 6.92 Å². The van der Waals surface area contributed by atoms with Gasteiger partial charge in [-0.25, -0.2) is 9.69 Å². The number of ether oxygens (including phenoxy) is 1. The van der Waals surface area contributed by atoms with E-state index in [0.29, 0.717) is 0 Å². The first kappa shape index (κ1) is 20.1. The maximum absolute atomic E-state index is 13.2. The van der Waals surface area contributed by atoms with Crippen molar-refractivity contribution in [2.75, 3.05) is 6.61 Å². The van der Waals surface area contributed by atoms with Crippen LogP contribution in [0.15, 0.2) is 60.7 Å². The van der Waals surface area contributed by atoms with Crippen molar-refractivity contribution in [2.45, 2.75) is 45.3 Å². The molecule has 0 aliphatic carbocycles. The molecule has 1 N–H and O–H groups in total. The van der Waals surface area contributed by atoms with Gasteiger partial charge in [0, 0.05) is 12.5 Å². The Balaban J connectivity index is 2.08. The third kappa shape index (κ3) is 4.25. The van der Waals surface area contributed by atoms with E-state index in [4.69, 9.17) is 4.74 Å². The zero-order valence-electron chi connectivity index (χ0n) is 16.7. The molecule has 1 heterocycles. The first-order valence-corrected chi connectivity index (χ1v) is 9.87. The van der Waals surface area contributed by atoms with Crippen LogP contribution in [0.2, 0.25) is 0 Å². The minimum atomic E-state index is -0.567. The predicted molar refractivity (Wildman–Crippen MR) is 109 cm³/mol. The highest BCUT2D eigenvalue weighted by Gasteiger charge is 2.43. The third-order valence-corrected chi connectivity index (χ3v) is 5.18. The van der Waals surface area contributed by atoms with Crippen LogP contribution in [-0.4, -0.2) is 29.5 Å². The molecule has 3 rings (SSSR count). The molecule has 0 spiro atoms. The molecule has 0 unspecified atom stereocenters. The zero-order valence-corrected chi connectivity index (χ0v) is 16.7. The summed E-state index contributed by atoms with van der Waals surface area (Å²) in [6, 6.07) is 19.2. The molecular weight excluding hydrogens is 352 g/mol. The van der Waals surface area contributed by atoms with Crippen LogP contribution in [-0.2, 0) is 9.53 Å². The number of imide groups is 1. The molecule has 5 nitrogen and oxygen atoms in total. The van der Waals surface area contributed by atoms with Gasteiger partial charge >= 0.3 is 6.09 Å². The minimum Gasteiger partial charge on any atom is -0.449 e. The van der Waals surface area contributed by atoms with Gasteiger partial charge in [-0.1, -0.05) is 74.5 Å². The number of rotatable bonds is 4. The number of nitrogens with one attached hydrogen (secondary N) is 1. The van der Waals surface area contributed by atoms with Crippen molar-refractivity contribution in [1.29, 1.82) is 0 Å². The fraction of sp³-hybridized carbons (Fsp3) is 0.391. The molecule has 0 bridgehead atoms. The van der Waals surface area contributed by atoms with Crippen LogP contribution in [0.4, 0.5) is 4.79 Å². The zero-order chi connectivity index (χ0) is 20.1. The Labute approximate surface area is 166 Å². The van der Waals surface area contributed by atoms with E-state index in [0.717, 1.165) is 11.1 Å². The highest BCUT2D eigenvalue weighted by Crippen LogP contribution is 2.35. The average molecular weight is 380 g/mol. The van der Waals surface area contributed by atoms with Crippen molar-refractivity contribution < 1.29 is 14.3 Å². The summed E-state index contributed by atoms with van der Waals surface area (Å²) < 4.78 is 5.25. The molecule has 28 heavy (non-hydrogen) atoms. The summed E-state index contributed by atoms with van der Waals surface area (Å²) >= 11 is 0. The van der Waals surface area contributed by atoms with E-state index in [2.05, 4.69) is 5.32 Å². The lowest BCUT2D eigenvalue weighted by Crippen LogP contribution is -2.50. The fourth-order valence-electron chi connectivity index (χ4n) is 3.92. The highest BCUT2D eigenvalue weighted by atomic mass is 16.6. The summed E-state index contributed by atoms with van der Waals surface area (Å²) in [7, 11) is 0. The van der Waals surface area contributed by atoms with Gasteiger partial charge in [-0.3, -0.25) is 4.79 Å². The van der Waals surface area contributed by atoms with Gasteiger partial charge in [0.05, 0.1) is 18.7 Å². The second-order valence-corrected chi connectivity index (χ2v) is 7.42. The lowest BCUT2D eigenvalue weighted by molar-refractivity contribution is -0.132. The van der Waals surface area contributed by atoms with E-state index in [1.807, 2.05) is 74.5 Å². The van der Waals surface area contributed by atoms with Gasteiger partial charge in [0.1, 0.15) is 0 Å². The van der Waals surface area contributed by atoms with Crippen molar-refractivity contribution in [3.8, 4) is 0 Å². The van der Waals surface area contributed by atoms with Crippen LogP contribution in [0.3, 0.4) is 0 Å². The van der Waals surface area contributed by atoms with Crippen molar-refractivity contribution in [1.82, 2.24) is 10.2 Å². The summed E-state index contributed by atoms with van der Waals surface area (Å²) in [5, 5.41) is 3.67. The second-order valence-electron chi connectivity index (χ2n) is 7.42. The molecular formula is C23H28N2O3. The van der Waals surface area contributed by atoms with Crippen LogP contribution in [0.1, 0.15) is 50.4 Å². The molecule has 0 radical (unpaired) electrons. The van der Waals surface area contributed by atoms with Gasteiger partial charge in [0.2, 0.25) is 5.91 Å². The number of carbonyl (C=O) groups is 2. The summed E-state index contributed by atoms with van der Waals surface area (Å²) in [5.41, 5.74) is 2.08. The topological polar surface area (TPSA) is 58.6 Å². The van der Waals surface area contributed by atoms with Gasteiger partial charge < -0.3 is 10.1 Å². The van der Waals surface area contributed by atoms with Gasteiger partial charge in [-0.05, 0) is 24.0 Å². The molecule has 148 valence electrons. The standard InChI is InChI=1S/C23H28N2O3/c1-4-28-23(27)25-20(26)15-19(17-11-7-5-8-12-17)24-21(22(25)16(2)3)18-13-9-6-10-14-18/h5-14,16,19,21-22,24H,4,15H2,1-3H3/t19-,21-,22-/m1/s1. The van der Waals surface area contributed by atoms with Crippen molar-refractivity contribution >= 4 is 12.0 Å². The Morgan fingerprint density at radius 1 is 1.07 bits per heavy atom. The first-order chi connectivity index (χ1) is 13.5. The smallest absolute Gasteiger partial charge is 0.416 e. The summed E-state index contributed by atoms with van der Waals surface area (Å²) in [5.74, 6) is -0.155. The molecule has 1 fully saturated rings. The quantitative estimate of drug-likeness (QED) is 0.850. The molecule has 1 saturated heterocycles. The van der Waals surface area contributed by atoms with Gasteiger partial charge in [0.25, 0.3) is 0 Å². The number of hydrogen-bond donors (Lipinski definition) is 1. The molecule has 3 atom stereocenters. The van der Waals surface area contributed by atoms with E-state index in [-0.39, 0.29) is 43.0 Å². The summed E-state index contributed by atoms with van der Waals surface area (Å²) in [6.45, 7) is 6.05. The van der Waals surface area contributed by atoms with E-state index >= 15 is 0 Å². The fourth-order valence-corrected chi connectivity index (χ4v) is 3.92. The Morgan fingerprint density at radius 2 is 1.64 bits per heavy atom. The summed E-state index contributed by atoms with van der Waals surface area (Å²) in [4.78, 5) is 27.3. The number of hydrogen-bond acceptors (Lipinski definition) is 4. The first-order valence-electron chi connectivity index (χ1n) is 9.87. The van der Waals surface area contributed by atoms with Gasteiger partial charge in [-0.2, -0.15) is 0 Å². The van der Waals surface area contributed by atoms with Crippen molar-refractivity contribution in [3.63, 3.8) is 0 Å². The van der Waals surface area contributed by atoms with E-state index < -0.39 is 6.09 Å². The van der Waals surface area contributed by atoms with Crippen LogP contribution < -0.4 is 5.32 Å². The number of carbonyl (C=O) groups excluding carboxylic acids is 2. The summed E-state index contributed by atoms with van der Waals surface area (Å²) in [6.07, 6.45) is -0.363. The average Bonchev–Trinajstić information content (AvgIpc) is 2.86. The molecule has 2 amide bonds. The SMILES string of the molecule is CCOC(=O)N1C(=O)C[C@H](c2ccccc2)N[C@H](c2ccccc2)[C@H]1C(C)C. The third-order valence-electron chi connectivity index (χ3n) is 5.18. The highest BCUT2D eigenvalue weighted by molar-refractivity contribution is 5.93. The molecule has 5 heteroatoms. The van der Waals surface area contributed by atoms with Crippen LogP contribution in [0.5, 0.6) is 0 Å². The molecule has 1 aliphatic heterocycles.